The molecule has 0 aliphatic rings. The molecule has 3 aromatic carbocycles. The fourth-order valence-corrected chi connectivity index (χ4v) is 5.57. The predicted molar refractivity (Wildman–Crippen MR) is 153 cm³/mol. The Hall–Kier alpha value is -4.32. The summed E-state index contributed by atoms with van der Waals surface area (Å²) >= 11 is 0. The fourth-order valence-electron chi connectivity index (χ4n) is 4.14. The van der Waals surface area contributed by atoms with Crippen LogP contribution < -0.4 is 9.62 Å². The van der Waals surface area contributed by atoms with E-state index in [2.05, 4.69) is 5.32 Å². The van der Waals surface area contributed by atoms with Gasteiger partial charge >= 0.3 is 0 Å². The van der Waals surface area contributed by atoms with E-state index in [0.717, 1.165) is 16.4 Å². The van der Waals surface area contributed by atoms with Crippen LogP contribution in [0.25, 0.3) is 0 Å². The molecule has 0 spiro atoms. The first-order valence-electron chi connectivity index (χ1n) is 13.1. The second-order valence-corrected chi connectivity index (χ2v) is 11.4. The maximum Gasteiger partial charge on any atom is 0.269 e. The van der Waals surface area contributed by atoms with Crippen molar-refractivity contribution in [3.05, 3.63) is 100 Å². The first-order chi connectivity index (χ1) is 19.5. The third-order valence-electron chi connectivity index (χ3n) is 6.61. The Morgan fingerprint density at radius 1 is 0.951 bits per heavy atom. The van der Waals surface area contributed by atoms with Gasteiger partial charge in [0.15, 0.2) is 0 Å². The highest BCUT2D eigenvalue weighted by Gasteiger charge is 2.34. The van der Waals surface area contributed by atoms with Gasteiger partial charge in [0, 0.05) is 24.7 Å². The van der Waals surface area contributed by atoms with Crippen molar-refractivity contribution in [2.75, 3.05) is 10.8 Å². The van der Waals surface area contributed by atoms with Gasteiger partial charge in [0.2, 0.25) is 11.8 Å². The molecule has 0 aromatic heterocycles. The number of anilines is 1. The number of benzene rings is 3. The summed E-state index contributed by atoms with van der Waals surface area (Å²) < 4.78 is 42.0. The zero-order valence-corrected chi connectivity index (χ0v) is 23.9. The average molecular weight is 585 g/mol. The van der Waals surface area contributed by atoms with Gasteiger partial charge in [-0.05, 0) is 61.7 Å². The number of carbonyl (C=O) groups excluding carboxylic acids is 2. The van der Waals surface area contributed by atoms with Crippen LogP contribution in [-0.4, -0.2) is 48.7 Å². The molecule has 0 unspecified atom stereocenters. The van der Waals surface area contributed by atoms with Crippen LogP contribution in [0.1, 0.15) is 39.2 Å². The molecule has 2 amide bonds. The van der Waals surface area contributed by atoms with Crippen LogP contribution in [0.15, 0.2) is 83.8 Å². The minimum absolute atomic E-state index is 0.0339. The number of halogens is 1. The number of nitrogens with one attached hydrogen (secondary N) is 1. The Balaban J connectivity index is 2.06. The summed E-state index contributed by atoms with van der Waals surface area (Å²) in [4.78, 5) is 39.0. The number of hydrogen-bond acceptors (Lipinski definition) is 6. The summed E-state index contributed by atoms with van der Waals surface area (Å²) in [6.07, 6.45) is 0.898. The molecular weight excluding hydrogens is 551 g/mol. The molecule has 2 atom stereocenters. The number of carbonyl (C=O) groups is 2. The van der Waals surface area contributed by atoms with Crippen molar-refractivity contribution in [1.82, 2.24) is 10.2 Å². The van der Waals surface area contributed by atoms with Crippen molar-refractivity contribution >= 4 is 33.2 Å². The Labute approximate surface area is 239 Å². The quantitative estimate of drug-likeness (QED) is 0.230. The minimum atomic E-state index is -4.30. The van der Waals surface area contributed by atoms with Crippen molar-refractivity contribution in [3.63, 3.8) is 0 Å². The first-order valence-corrected chi connectivity index (χ1v) is 14.6. The number of nitro groups is 1. The second-order valence-electron chi connectivity index (χ2n) is 9.49. The van der Waals surface area contributed by atoms with E-state index in [1.807, 2.05) is 13.8 Å². The zero-order valence-electron chi connectivity index (χ0n) is 23.1. The molecule has 0 bridgehead atoms. The monoisotopic (exact) mass is 584 g/mol. The SMILES string of the molecule is CC[C@H](C(=O)N[C@@H](C)CC)N(Cc1ccc(F)cc1)C(=O)CN(c1ccc([N+](=O)[O-])cc1)S(=O)(=O)c1ccccc1. The number of non-ortho nitro benzene ring substituents is 1. The van der Waals surface area contributed by atoms with Crippen LogP contribution in [-0.2, 0) is 26.2 Å². The largest absolute Gasteiger partial charge is 0.352 e. The van der Waals surface area contributed by atoms with E-state index < -0.39 is 45.2 Å². The van der Waals surface area contributed by atoms with E-state index in [-0.39, 0.29) is 35.3 Å². The number of hydrogen-bond donors (Lipinski definition) is 1. The number of rotatable bonds is 13. The summed E-state index contributed by atoms with van der Waals surface area (Å²) in [6.45, 7) is 4.71. The van der Waals surface area contributed by atoms with Crippen molar-refractivity contribution in [1.29, 1.82) is 0 Å². The molecule has 0 aliphatic heterocycles. The van der Waals surface area contributed by atoms with E-state index in [0.29, 0.717) is 12.0 Å². The lowest BCUT2D eigenvalue weighted by molar-refractivity contribution is -0.384. The van der Waals surface area contributed by atoms with Crippen LogP contribution in [0.4, 0.5) is 15.8 Å². The molecule has 3 aromatic rings. The Morgan fingerprint density at radius 2 is 1.56 bits per heavy atom. The molecule has 0 radical (unpaired) electrons. The smallest absolute Gasteiger partial charge is 0.269 e. The molecule has 12 heteroatoms. The van der Waals surface area contributed by atoms with Gasteiger partial charge in [-0.2, -0.15) is 0 Å². The Bertz CT molecular complexity index is 1450. The van der Waals surface area contributed by atoms with Crippen molar-refractivity contribution < 1.29 is 27.3 Å². The lowest BCUT2D eigenvalue weighted by Gasteiger charge is -2.33. The lowest BCUT2D eigenvalue weighted by Crippen LogP contribution is -2.53. The zero-order chi connectivity index (χ0) is 30.2. The number of nitrogens with zero attached hydrogens (tertiary/aromatic N) is 3. The van der Waals surface area contributed by atoms with Gasteiger partial charge in [-0.25, -0.2) is 12.8 Å². The van der Waals surface area contributed by atoms with Crippen LogP contribution in [0.5, 0.6) is 0 Å². The predicted octanol–water partition coefficient (Wildman–Crippen LogP) is 4.65. The normalized spacial score (nSPS) is 12.7. The molecule has 0 heterocycles. The van der Waals surface area contributed by atoms with Crippen LogP contribution in [0.2, 0.25) is 0 Å². The topological polar surface area (TPSA) is 130 Å². The Morgan fingerprint density at radius 3 is 2.10 bits per heavy atom. The highest BCUT2D eigenvalue weighted by molar-refractivity contribution is 7.92. The van der Waals surface area contributed by atoms with E-state index in [4.69, 9.17) is 0 Å². The first kappa shape index (κ1) is 31.2. The van der Waals surface area contributed by atoms with E-state index in [1.165, 1.54) is 65.6 Å². The summed E-state index contributed by atoms with van der Waals surface area (Å²) in [7, 11) is -4.30. The summed E-state index contributed by atoms with van der Waals surface area (Å²) in [5, 5.41) is 14.1. The minimum Gasteiger partial charge on any atom is -0.352 e. The number of nitro benzene ring substituents is 1. The molecular formula is C29H33FN4O6S. The molecule has 0 fully saturated rings. The average Bonchev–Trinajstić information content (AvgIpc) is 2.97. The third kappa shape index (κ3) is 7.88. The molecule has 41 heavy (non-hydrogen) atoms. The van der Waals surface area contributed by atoms with Crippen LogP contribution >= 0.6 is 0 Å². The number of amides is 2. The molecule has 1 N–H and O–H groups in total. The van der Waals surface area contributed by atoms with Crippen LogP contribution in [0.3, 0.4) is 0 Å². The summed E-state index contributed by atoms with van der Waals surface area (Å²) in [6, 6.07) is 16.6. The molecule has 0 saturated heterocycles. The van der Waals surface area contributed by atoms with Crippen LogP contribution in [0, 0.1) is 15.9 Å². The maximum absolute atomic E-state index is 14.0. The maximum atomic E-state index is 14.0. The van der Waals surface area contributed by atoms with Gasteiger partial charge in [0.25, 0.3) is 15.7 Å². The van der Waals surface area contributed by atoms with Gasteiger partial charge < -0.3 is 10.2 Å². The highest BCUT2D eigenvalue weighted by Crippen LogP contribution is 2.26. The second kappa shape index (κ2) is 13.8. The molecule has 218 valence electrons. The van der Waals surface area contributed by atoms with Gasteiger partial charge in [-0.1, -0.05) is 44.2 Å². The summed E-state index contributed by atoms with van der Waals surface area (Å²) in [5.41, 5.74) is 0.330. The van der Waals surface area contributed by atoms with Gasteiger partial charge in [0.05, 0.1) is 15.5 Å². The van der Waals surface area contributed by atoms with Crippen molar-refractivity contribution in [2.24, 2.45) is 0 Å². The van der Waals surface area contributed by atoms with E-state index in [9.17, 15) is 32.5 Å². The molecule has 0 aliphatic carbocycles. The fraction of sp³-hybridized carbons (Fsp3) is 0.310. The molecule has 3 rings (SSSR count). The molecule has 10 nitrogen and oxygen atoms in total. The van der Waals surface area contributed by atoms with Gasteiger partial charge in [-0.3, -0.25) is 24.0 Å². The van der Waals surface area contributed by atoms with E-state index >= 15 is 0 Å². The Kier molecular flexibility index (Phi) is 10.5. The number of sulfonamides is 1. The standard InChI is InChI=1S/C29H33FN4O6S/c1-4-21(3)31-29(36)27(5-2)32(19-22-11-13-23(30)14-12-22)28(35)20-33(24-15-17-25(18-16-24)34(37)38)41(39,40)26-9-7-6-8-10-26/h6-18,21,27H,4-5,19-20H2,1-3H3,(H,31,36)/t21-,27+/m0/s1. The molecule has 0 saturated carbocycles. The van der Waals surface area contributed by atoms with E-state index in [1.54, 1.807) is 13.0 Å². The van der Waals surface area contributed by atoms with Gasteiger partial charge in [0.1, 0.15) is 18.4 Å². The highest BCUT2D eigenvalue weighted by atomic mass is 32.2. The van der Waals surface area contributed by atoms with Gasteiger partial charge in [-0.15, -0.1) is 0 Å². The van der Waals surface area contributed by atoms with Crippen molar-refractivity contribution in [2.45, 2.75) is 57.1 Å². The van der Waals surface area contributed by atoms with Crippen molar-refractivity contribution in [3.8, 4) is 0 Å². The lowest BCUT2D eigenvalue weighted by atomic mass is 10.1. The third-order valence-corrected chi connectivity index (χ3v) is 8.40. The summed E-state index contributed by atoms with van der Waals surface area (Å²) in [5.74, 6) is -1.55.